The van der Waals surface area contributed by atoms with E-state index in [-0.39, 0.29) is 5.91 Å². The van der Waals surface area contributed by atoms with Crippen LogP contribution in [0.15, 0.2) is 36.5 Å². The van der Waals surface area contributed by atoms with Gasteiger partial charge in [0.05, 0.1) is 6.20 Å². The van der Waals surface area contributed by atoms with Crippen molar-refractivity contribution in [1.29, 1.82) is 0 Å². The summed E-state index contributed by atoms with van der Waals surface area (Å²) in [6.45, 7) is 5.52. The van der Waals surface area contributed by atoms with E-state index in [2.05, 4.69) is 15.2 Å². The maximum Gasteiger partial charge on any atom is 0.260 e. The highest BCUT2D eigenvalue weighted by atomic mass is 32.1. The van der Waals surface area contributed by atoms with E-state index in [0.29, 0.717) is 10.0 Å². The van der Waals surface area contributed by atoms with Crippen LogP contribution >= 0.6 is 11.3 Å². The quantitative estimate of drug-likeness (QED) is 0.814. The molecule has 1 heterocycles. The van der Waals surface area contributed by atoms with E-state index >= 15 is 0 Å². The third-order valence-electron chi connectivity index (χ3n) is 3.52. The van der Waals surface area contributed by atoms with Crippen LogP contribution in [0.5, 0.6) is 0 Å². The van der Waals surface area contributed by atoms with E-state index in [9.17, 15) is 9.59 Å². The number of hydrogen-bond acceptors (Lipinski definition) is 5. The zero-order valence-corrected chi connectivity index (χ0v) is 14.0. The number of amides is 2. The van der Waals surface area contributed by atoms with Crippen LogP contribution in [0, 0.1) is 0 Å². The highest BCUT2D eigenvalue weighted by Crippen LogP contribution is 2.24. The molecule has 2 amide bonds. The van der Waals surface area contributed by atoms with Crippen molar-refractivity contribution in [3.8, 4) is 0 Å². The fraction of sp³-hybridized carbons (Fsp3) is 0.312. The van der Waals surface area contributed by atoms with Crippen LogP contribution in [0.3, 0.4) is 0 Å². The maximum atomic E-state index is 12.7. The average molecular weight is 332 g/mol. The van der Waals surface area contributed by atoms with Gasteiger partial charge in [-0.1, -0.05) is 55.5 Å². The third kappa shape index (κ3) is 4.14. The number of nitrogens with two attached hydrogens (primary N) is 1. The largest absolute Gasteiger partial charge is 0.365 e. The molecule has 122 valence electrons. The number of carbonyl (C=O) groups excluding carboxylic acids is 2. The molecule has 3 N–H and O–H groups in total. The number of thiazole rings is 1. The van der Waals surface area contributed by atoms with Gasteiger partial charge in [-0.3, -0.25) is 14.5 Å². The first-order chi connectivity index (χ1) is 11.1. The Balaban J connectivity index is 2.24. The first-order valence-corrected chi connectivity index (χ1v) is 8.24. The molecule has 2 aromatic rings. The molecule has 0 saturated carbocycles. The predicted octanol–water partition coefficient (Wildman–Crippen LogP) is 2.26. The van der Waals surface area contributed by atoms with Crippen LogP contribution in [0.25, 0.3) is 0 Å². The van der Waals surface area contributed by atoms with Gasteiger partial charge < -0.3 is 11.1 Å². The molecule has 0 radical (unpaired) electrons. The SMILES string of the molecule is CCN(CC)C(C(=O)Nc1ncc(C(N)=O)s1)c1ccccc1. The summed E-state index contributed by atoms with van der Waals surface area (Å²) in [5.41, 5.74) is 6.13. The normalized spacial score (nSPS) is 12.1. The molecule has 1 aromatic heterocycles. The highest BCUT2D eigenvalue weighted by Gasteiger charge is 2.26. The molecule has 0 aliphatic carbocycles. The van der Waals surface area contributed by atoms with Crippen LogP contribution < -0.4 is 11.1 Å². The number of rotatable bonds is 7. The smallest absolute Gasteiger partial charge is 0.260 e. The van der Waals surface area contributed by atoms with Gasteiger partial charge in [0.2, 0.25) is 5.91 Å². The van der Waals surface area contributed by atoms with Crippen molar-refractivity contribution < 1.29 is 9.59 Å². The molecule has 0 fully saturated rings. The molecular weight excluding hydrogens is 312 g/mol. The topological polar surface area (TPSA) is 88.3 Å². The van der Waals surface area contributed by atoms with Gasteiger partial charge >= 0.3 is 0 Å². The Hall–Kier alpha value is -2.25. The molecule has 0 spiro atoms. The molecule has 1 aromatic carbocycles. The molecule has 6 nitrogen and oxygen atoms in total. The molecule has 7 heteroatoms. The number of nitrogens with zero attached hydrogens (tertiary/aromatic N) is 2. The predicted molar refractivity (Wildman–Crippen MR) is 91.4 cm³/mol. The van der Waals surface area contributed by atoms with Crippen molar-refractivity contribution >= 4 is 28.3 Å². The first kappa shape index (κ1) is 17.1. The second-order valence-corrected chi connectivity index (χ2v) is 5.95. The molecule has 2 rings (SSSR count). The van der Waals surface area contributed by atoms with Crippen LogP contribution in [-0.2, 0) is 4.79 Å². The van der Waals surface area contributed by atoms with Gasteiger partial charge in [0.1, 0.15) is 10.9 Å². The van der Waals surface area contributed by atoms with Crippen molar-refractivity contribution in [2.45, 2.75) is 19.9 Å². The molecular formula is C16H20N4O2S. The van der Waals surface area contributed by atoms with Crippen LogP contribution in [0.4, 0.5) is 5.13 Å². The van der Waals surface area contributed by atoms with Gasteiger partial charge in [0.25, 0.3) is 5.91 Å². The lowest BCUT2D eigenvalue weighted by atomic mass is 10.0. The Labute approximate surface area is 139 Å². The number of nitrogens with one attached hydrogen (secondary N) is 1. The lowest BCUT2D eigenvalue weighted by molar-refractivity contribution is -0.121. The molecule has 0 aliphatic heterocycles. The summed E-state index contributed by atoms with van der Waals surface area (Å²) in [6, 6.07) is 9.19. The average Bonchev–Trinajstić information content (AvgIpc) is 3.01. The summed E-state index contributed by atoms with van der Waals surface area (Å²) in [4.78, 5) is 30.3. The summed E-state index contributed by atoms with van der Waals surface area (Å²) >= 11 is 1.07. The monoisotopic (exact) mass is 332 g/mol. The van der Waals surface area contributed by atoms with E-state index < -0.39 is 11.9 Å². The first-order valence-electron chi connectivity index (χ1n) is 7.42. The van der Waals surface area contributed by atoms with Crippen molar-refractivity contribution in [1.82, 2.24) is 9.88 Å². The van der Waals surface area contributed by atoms with Crippen LogP contribution in [-0.4, -0.2) is 34.8 Å². The lowest BCUT2D eigenvalue weighted by Gasteiger charge is -2.28. The summed E-state index contributed by atoms with van der Waals surface area (Å²) in [6.07, 6.45) is 1.37. The minimum atomic E-state index is -0.550. The highest BCUT2D eigenvalue weighted by molar-refractivity contribution is 7.17. The summed E-state index contributed by atoms with van der Waals surface area (Å²) in [5.74, 6) is -0.725. The Kier molecular flexibility index (Phi) is 5.84. The van der Waals surface area contributed by atoms with E-state index in [1.165, 1.54) is 6.20 Å². The number of anilines is 1. The fourth-order valence-corrected chi connectivity index (χ4v) is 3.04. The van der Waals surface area contributed by atoms with Crippen molar-refractivity contribution in [3.63, 3.8) is 0 Å². The molecule has 0 aliphatic rings. The number of primary amides is 1. The maximum absolute atomic E-state index is 12.7. The molecule has 23 heavy (non-hydrogen) atoms. The van der Waals surface area contributed by atoms with E-state index in [1.807, 2.05) is 44.2 Å². The van der Waals surface area contributed by atoms with Crippen LogP contribution in [0.2, 0.25) is 0 Å². The van der Waals surface area contributed by atoms with Gasteiger partial charge in [0, 0.05) is 0 Å². The fourth-order valence-electron chi connectivity index (χ4n) is 2.37. The third-order valence-corrected chi connectivity index (χ3v) is 4.45. The van der Waals surface area contributed by atoms with E-state index in [1.54, 1.807) is 0 Å². The van der Waals surface area contributed by atoms with E-state index in [4.69, 9.17) is 5.73 Å². The second-order valence-electron chi connectivity index (χ2n) is 4.92. The zero-order chi connectivity index (χ0) is 16.8. The van der Waals surface area contributed by atoms with Gasteiger partial charge in [-0.15, -0.1) is 0 Å². The van der Waals surface area contributed by atoms with E-state index in [0.717, 1.165) is 30.0 Å². The number of hydrogen-bond donors (Lipinski definition) is 2. The van der Waals surface area contributed by atoms with Crippen LogP contribution in [0.1, 0.15) is 35.1 Å². The number of benzene rings is 1. The lowest BCUT2D eigenvalue weighted by Crippen LogP contribution is -2.37. The Morgan fingerprint density at radius 3 is 2.43 bits per heavy atom. The van der Waals surface area contributed by atoms with Gasteiger partial charge in [-0.25, -0.2) is 4.98 Å². The molecule has 1 unspecified atom stereocenters. The number of likely N-dealkylation sites (N-methyl/N-ethyl adjacent to an activating group) is 1. The standard InChI is InChI=1S/C16H20N4O2S/c1-3-20(4-2)13(11-8-6-5-7-9-11)15(22)19-16-18-10-12(23-16)14(17)21/h5-10,13H,3-4H2,1-2H3,(H2,17,21)(H,18,19,22). The Bertz CT molecular complexity index is 668. The molecule has 1 atom stereocenters. The Morgan fingerprint density at radius 1 is 1.26 bits per heavy atom. The van der Waals surface area contributed by atoms with Crippen molar-refractivity contribution in [2.75, 3.05) is 18.4 Å². The van der Waals surface area contributed by atoms with Crippen molar-refractivity contribution in [2.24, 2.45) is 5.73 Å². The van der Waals surface area contributed by atoms with Crippen molar-refractivity contribution in [3.05, 3.63) is 47.0 Å². The minimum Gasteiger partial charge on any atom is -0.365 e. The summed E-state index contributed by atoms with van der Waals surface area (Å²) in [7, 11) is 0. The Morgan fingerprint density at radius 2 is 1.91 bits per heavy atom. The van der Waals surface area contributed by atoms with Gasteiger partial charge in [-0.2, -0.15) is 0 Å². The van der Waals surface area contributed by atoms with Gasteiger partial charge in [-0.05, 0) is 18.7 Å². The number of carbonyl (C=O) groups is 2. The zero-order valence-electron chi connectivity index (χ0n) is 13.2. The second kappa shape index (κ2) is 7.85. The summed E-state index contributed by atoms with van der Waals surface area (Å²) < 4.78 is 0. The van der Waals surface area contributed by atoms with Gasteiger partial charge in [0.15, 0.2) is 5.13 Å². The minimum absolute atomic E-state index is 0.176. The summed E-state index contributed by atoms with van der Waals surface area (Å²) in [5, 5.41) is 3.16. The number of aromatic nitrogens is 1. The molecule has 0 saturated heterocycles. The molecule has 0 bridgehead atoms.